The Morgan fingerprint density at radius 3 is 2.70 bits per heavy atom. The number of fused-ring (bicyclic) bond motifs is 1. The number of hydrogen-bond donors (Lipinski definition) is 1. The van der Waals surface area contributed by atoms with E-state index in [0.717, 1.165) is 21.7 Å². The molecule has 0 saturated heterocycles. The maximum atomic E-state index is 12.6. The zero-order valence-corrected chi connectivity index (χ0v) is 15.8. The Kier molecular flexibility index (Phi) is 4.60. The molecule has 0 atom stereocenters. The van der Waals surface area contributed by atoms with Crippen molar-refractivity contribution in [2.24, 2.45) is 0 Å². The summed E-state index contributed by atoms with van der Waals surface area (Å²) in [6.07, 6.45) is 0. The smallest absolute Gasteiger partial charge is 0.256 e. The van der Waals surface area contributed by atoms with Gasteiger partial charge in [0.15, 0.2) is 0 Å². The van der Waals surface area contributed by atoms with Crippen LogP contribution in [0, 0.1) is 6.92 Å². The van der Waals surface area contributed by atoms with Gasteiger partial charge in [0.25, 0.3) is 5.91 Å². The largest absolute Gasteiger partial charge is 0.494 e. The van der Waals surface area contributed by atoms with Gasteiger partial charge in [-0.3, -0.25) is 4.79 Å². The Morgan fingerprint density at radius 2 is 1.96 bits per heavy atom. The number of hydrogen-bond acceptors (Lipinski definition) is 5. The van der Waals surface area contributed by atoms with Gasteiger partial charge in [0.05, 0.1) is 22.5 Å². The number of aromatic nitrogens is 3. The van der Waals surface area contributed by atoms with Crippen molar-refractivity contribution in [2.45, 2.75) is 13.8 Å². The van der Waals surface area contributed by atoms with Crippen LogP contribution in [-0.2, 0) is 0 Å². The van der Waals surface area contributed by atoms with E-state index in [0.29, 0.717) is 23.1 Å². The standard InChI is InChI=1S/C20H18N4O2S/c1-3-26-15-10-8-14(9-11-15)19(25)22-18-12-13(2)23-24(18)20-21-16-6-4-5-7-17(16)27-20/h4-12H,3H2,1-2H3,(H,22,25). The average molecular weight is 378 g/mol. The third-order valence-electron chi connectivity index (χ3n) is 3.96. The van der Waals surface area contributed by atoms with Crippen molar-refractivity contribution < 1.29 is 9.53 Å². The lowest BCUT2D eigenvalue weighted by Gasteiger charge is -2.07. The maximum absolute atomic E-state index is 12.6. The molecule has 0 aliphatic heterocycles. The molecule has 0 spiro atoms. The number of nitrogens with one attached hydrogen (secondary N) is 1. The van der Waals surface area contributed by atoms with Gasteiger partial charge >= 0.3 is 0 Å². The predicted octanol–water partition coefficient (Wildman–Crippen LogP) is 4.44. The van der Waals surface area contributed by atoms with Crippen LogP contribution in [0.15, 0.2) is 54.6 Å². The minimum absolute atomic E-state index is 0.208. The molecule has 6 nitrogen and oxygen atoms in total. The Labute approximate surface area is 160 Å². The number of para-hydroxylation sites is 1. The van der Waals surface area contributed by atoms with Gasteiger partial charge < -0.3 is 10.1 Å². The van der Waals surface area contributed by atoms with Gasteiger partial charge in [-0.2, -0.15) is 9.78 Å². The molecular formula is C20H18N4O2S. The van der Waals surface area contributed by atoms with Crippen LogP contribution < -0.4 is 10.1 Å². The van der Waals surface area contributed by atoms with Crippen molar-refractivity contribution in [3.63, 3.8) is 0 Å². The van der Waals surface area contributed by atoms with E-state index >= 15 is 0 Å². The van der Waals surface area contributed by atoms with Gasteiger partial charge in [-0.25, -0.2) is 4.98 Å². The summed E-state index contributed by atoms with van der Waals surface area (Å²) in [5.74, 6) is 1.12. The van der Waals surface area contributed by atoms with Gasteiger partial charge in [0, 0.05) is 11.6 Å². The Bertz CT molecular complexity index is 1070. The number of benzene rings is 2. The van der Waals surface area contributed by atoms with Crippen LogP contribution >= 0.6 is 11.3 Å². The summed E-state index contributed by atoms with van der Waals surface area (Å²) in [5, 5.41) is 8.13. The zero-order valence-electron chi connectivity index (χ0n) is 15.0. The number of rotatable bonds is 5. The second-order valence-electron chi connectivity index (χ2n) is 5.96. The maximum Gasteiger partial charge on any atom is 0.256 e. The first-order valence-electron chi connectivity index (χ1n) is 8.61. The molecule has 2 heterocycles. The molecule has 7 heteroatoms. The van der Waals surface area contributed by atoms with Crippen LogP contribution in [0.3, 0.4) is 0 Å². The van der Waals surface area contributed by atoms with E-state index in [1.165, 1.54) is 11.3 Å². The fourth-order valence-electron chi connectivity index (χ4n) is 2.74. The molecule has 136 valence electrons. The summed E-state index contributed by atoms with van der Waals surface area (Å²) >= 11 is 1.53. The van der Waals surface area contributed by atoms with Crippen LogP contribution in [0.1, 0.15) is 23.0 Å². The van der Waals surface area contributed by atoms with E-state index in [9.17, 15) is 4.79 Å². The summed E-state index contributed by atoms with van der Waals surface area (Å²) in [4.78, 5) is 17.3. The second-order valence-corrected chi connectivity index (χ2v) is 6.97. The number of carbonyl (C=O) groups excluding carboxylic acids is 1. The number of amides is 1. The topological polar surface area (TPSA) is 69.0 Å². The number of aryl methyl sites for hydroxylation is 1. The quantitative estimate of drug-likeness (QED) is 0.557. The Morgan fingerprint density at radius 1 is 1.19 bits per heavy atom. The first-order chi connectivity index (χ1) is 13.1. The Balaban J connectivity index is 1.61. The molecule has 27 heavy (non-hydrogen) atoms. The van der Waals surface area contributed by atoms with Crippen molar-refractivity contribution in [3.8, 4) is 10.9 Å². The van der Waals surface area contributed by atoms with Crippen molar-refractivity contribution in [1.82, 2.24) is 14.8 Å². The first-order valence-corrected chi connectivity index (χ1v) is 9.42. The van der Waals surface area contributed by atoms with Gasteiger partial charge in [-0.1, -0.05) is 23.5 Å². The van der Waals surface area contributed by atoms with Crippen molar-refractivity contribution >= 4 is 33.3 Å². The van der Waals surface area contributed by atoms with Crippen molar-refractivity contribution in [3.05, 3.63) is 65.9 Å². The highest BCUT2D eigenvalue weighted by molar-refractivity contribution is 7.20. The third-order valence-corrected chi connectivity index (χ3v) is 4.98. The molecular weight excluding hydrogens is 360 g/mol. The molecule has 2 aromatic heterocycles. The van der Waals surface area contributed by atoms with Crippen LogP contribution in [0.5, 0.6) is 5.75 Å². The third kappa shape index (κ3) is 3.54. The van der Waals surface area contributed by atoms with Gasteiger partial charge in [0.2, 0.25) is 5.13 Å². The van der Waals surface area contributed by atoms with Gasteiger partial charge in [0.1, 0.15) is 11.6 Å². The lowest BCUT2D eigenvalue weighted by atomic mass is 10.2. The van der Waals surface area contributed by atoms with E-state index in [1.54, 1.807) is 28.9 Å². The average Bonchev–Trinajstić information content (AvgIpc) is 3.25. The number of thiazole rings is 1. The highest BCUT2D eigenvalue weighted by atomic mass is 32.1. The number of ether oxygens (including phenoxy) is 1. The minimum atomic E-state index is -0.208. The molecule has 0 unspecified atom stereocenters. The summed E-state index contributed by atoms with van der Waals surface area (Å²) in [7, 11) is 0. The minimum Gasteiger partial charge on any atom is -0.494 e. The highest BCUT2D eigenvalue weighted by Gasteiger charge is 2.15. The van der Waals surface area contributed by atoms with E-state index in [1.807, 2.05) is 44.2 Å². The van der Waals surface area contributed by atoms with E-state index in [-0.39, 0.29) is 5.91 Å². The Hall–Kier alpha value is -3.19. The van der Waals surface area contributed by atoms with E-state index < -0.39 is 0 Å². The fraction of sp³-hybridized carbons (Fsp3) is 0.150. The highest BCUT2D eigenvalue weighted by Crippen LogP contribution is 2.27. The molecule has 0 fully saturated rings. The molecule has 0 aliphatic carbocycles. The SMILES string of the molecule is CCOc1ccc(C(=O)Nc2cc(C)nn2-c2nc3ccccc3s2)cc1. The second kappa shape index (κ2) is 7.20. The molecule has 2 aromatic carbocycles. The van der Waals surface area contributed by atoms with Crippen LogP contribution in [-0.4, -0.2) is 27.3 Å². The lowest BCUT2D eigenvalue weighted by Crippen LogP contribution is -2.15. The molecule has 0 radical (unpaired) electrons. The van der Waals surface area contributed by atoms with Crippen molar-refractivity contribution in [2.75, 3.05) is 11.9 Å². The summed E-state index contributed by atoms with van der Waals surface area (Å²) in [5.41, 5.74) is 2.26. The molecule has 4 aromatic rings. The lowest BCUT2D eigenvalue weighted by molar-refractivity contribution is 0.102. The van der Waals surface area contributed by atoms with Crippen LogP contribution in [0.4, 0.5) is 5.82 Å². The van der Waals surface area contributed by atoms with Crippen molar-refractivity contribution in [1.29, 1.82) is 0 Å². The van der Waals surface area contributed by atoms with Gasteiger partial charge in [-0.15, -0.1) is 0 Å². The zero-order chi connectivity index (χ0) is 18.8. The van der Waals surface area contributed by atoms with E-state index in [2.05, 4.69) is 15.4 Å². The summed E-state index contributed by atoms with van der Waals surface area (Å²) in [6.45, 7) is 4.40. The number of carbonyl (C=O) groups is 1. The van der Waals surface area contributed by atoms with Gasteiger partial charge in [-0.05, 0) is 50.2 Å². The monoisotopic (exact) mass is 378 g/mol. The molecule has 0 bridgehead atoms. The molecule has 4 rings (SSSR count). The van der Waals surface area contributed by atoms with E-state index in [4.69, 9.17) is 4.74 Å². The molecule has 1 N–H and O–H groups in total. The molecule has 0 saturated carbocycles. The fourth-order valence-corrected chi connectivity index (χ4v) is 3.67. The normalized spacial score (nSPS) is 10.9. The summed E-state index contributed by atoms with van der Waals surface area (Å²) in [6, 6.07) is 16.8. The number of anilines is 1. The molecule has 0 aliphatic rings. The summed E-state index contributed by atoms with van der Waals surface area (Å²) < 4.78 is 8.16. The molecule has 1 amide bonds. The predicted molar refractivity (Wildman–Crippen MR) is 107 cm³/mol. The van der Waals surface area contributed by atoms with Crippen LogP contribution in [0.25, 0.3) is 15.3 Å². The number of nitrogens with zero attached hydrogens (tertiary/aromatic N) is 3. The first kappa shape index (κ1) is 17.2. The van der Waals surface area contributed by atoms with Crippen LogP contribution in [0.2, 0.25) is 0 Å².